The minimum Gasteiger partial charge on any atom is -0.340 e. The van der Waals surface area contributed by atoms with Crippen LogP contribution in [0.25, 0.3) is 0 Å². The van der Waals surface area contributed by atoms with Crippen LogP contribution in [-0.4, -0.2) is 54.3 Å². The molecule has 2 amide bonds. The molecule has 0 bridgehead atoms. The average Bonchev–Trinajstić information content (AvgIpc) is 2.70. The van der Waals surface area contributed by atoms with Crippen molar-refractivity contribution in [1.82, 2.24) is 9.80 Å². The molecule has 1 fully saturated rings. The van der Waals surface area contributed by atoms with Crippen molar-refractivity contribution in [2.45, 2.75) is 19.8 Å². The summed E-state index contributed by atoms with van der Waals surface area (Å²) in [5.41, 5.74) is 2.39. The van der Waals surface area contributed by atoms with Gasteiger partial charge in [-0.1, -0.05) is 45.8 Å². The lowest BCUT2D eigenvalue weighted by Gasteiger charge is -2.34. The predicted octanol–water partition coefficient (Wildman–Crippen LogP) is 3.61. The quantitative estimate of drug-likeness (QED) is 0.714. The Morgan fingerprint density at radius 3 is 2.41 bits per heavy atom. The molecule has 29 heavy (non-hydrogen) atoms. The number of hydrogen-bond acceptors (Lipinski definition) is 3. The lowest BCUT2D eigenvalue weighted by molar-refractivity contribution is -0.132. The number of benzene rings is 2. The molecule has 5 nitrogen and oxygen atoms in total. The Bertz CT molecular complexity index is 865. The first-order valence-electron chi connectivity index (χ1n) is 9.71. The van der Waals surface area contributed by atoms with E-state index in [0.29, 0.717) is 30.5 Å². The number of halogens is 2. The van der Waals surface area contributed by atoms with E-state index in [9.17, 15) is 14.0 Å². The fourth-order valence-corrected chi connectivity index (χ4v) is 3.61. The molecule has 0 radical (unpaired) electrons. The summed E-state index contributed by atoms with van der Waals surface area (Å²) in [5, 5.41) is 2.61. The van der Waals surface area contributed by atoms with E-state index in [1.165, 1.54) is 17.7 Å². The molecule has 7 heteroatoms. The number of piperazine rings is 1. The van der Waals surface area contributed by atoms with E-state index in [1.54, 1.807) is 6.07 Å². The van der Waals surface area contributed by atoms with Crippen LogP contribution in [0.3, 0.4) is 0 Å². The van der Waals surface area contributed by atoms with Gasteiger partial charge in [0.2, 0.25) is 11.8 Å². The number of carbonyl (C=O) groups is 2. The maximum atomic E-state index is 13.8. The molecular weight excluding hydrogens is 437 g/mol. The van der Waals surface area contributed by atoms with Crippen molar-refractivity contribution < 1.29 is 14.0 Å². The van der Waals surface area contributed by atoms with Crippen molar-refractivity contribution in [1.29, 1.82) is 0 Å². The number of nitrogens with one attached hydrogen (secondary N) is 1. The minimum absolute atomic E-state index is 0.136. The van der Waals surface area contributed by atoms with Crippen molar-refractivity contribution in [2.75, 3.05) is 38.0 Å². The van der Waals surface area contributed by atoms with Gasteiger partial charge in [-0.05, 0) is 30.7 Å². The third kappa shape index (κ3) is 6.37. The second-order valence-corrected chi connectivity index (χ2v) is 8.22. The molecule has 2 aromatic carbocycles. The number of anilines is 1. The van der Waals surface area contributed by atoms with Crippen molar-refractivity contribution in [3.05, 3.63) is 63.9 Å². The van der Waals surface area contributed by atoms with Crippen LogP contribution < -0.4 is 5.32 Å². The molecule has 3 rings (SSSR count). The number of aryl methyl sites for hydroxylation is 1. The second-order valence-electron chi connectivity index (χ2n) is 7.31. The van der Waals surface area contributed by atoms with Crippen molar-refractivity contribution in [2.24, 2.45) is 0 Å². The molecular formula is C22H25BrFN3O2. The summed E-state index contributed by atoms with van der Waals surface area (Å²) in [6, 6.07) is 12.6. The average molecular weight is 462 g/mol. The van der Waals surface area contributed by atoms with E-state index in [-0.39, 0.29) is 23.9 Å². The van der Waals surface area contributed by atoms with Gasteiger partial charge in [-0.25, -0.2) is 4.39 Å². The van der Waals surface area contributed by atoms with Crippen molar-refractivity contribution in [3.63, 3.8) is 0 Å². The molecule has 0 atom stereocenters. The predicted molar refractivity (Wildman–Crippen MR) is 115 cm³/mol. The Hall–Kier alpha value is -2.25. The normalized spacial score (nSPS) is 14.7. The molecule has 0 saturated carbocycles. The molecule has 0 unspecified atom stereocenters. The van der Waals surface area contributed by atoms with Crippen LogP contribution in [0, 0.1) is 12.7 Å². The largest absolute Gasteiger partial charge is 0.340 e. The third-order valence-electron chi connectivity index (χ3n) is 5.06. The van der Waals surface area contributed by atoms with Gasteiger partial charge < -0.3 is 10.2 Å². The summed E-state index contributed by atoms with van der Waals surface area (Å²) in [7, 11) is 0. The summed E-state index contributed by atoms with van der Waals surface area (Å²) in [6.07, 6.45) is 0.703. The Morgan fingerprint density at radius 1 is 1.07 bits per heavy atom. The highest BCUT2D eigenvalue weighted by atomic mass is 79.9. The van der Waals surface area contributed by atoms with Gasteiger partial charge in [-0.3, -0.25) is 14.5 Å². The Kier molecular flexibility index (Phi) is 7.39. The fourth-order valence-electron chi connectivity index (χ4n) is 3.28. The van der Waals surface area contributed by atoms with Crippen LogP contribution in [0.4, 0.5) is 10.1 Å². The zero-order valence-corrected chi connectivity index (χ0v) is 18.0. The maximum absolute atomic E-state index is 13.8. The van der Waals surface area contributed by atoms with Crippen molar-refractivity contribution >= 4 is 33.4 Å². The number of rotatable bonds is 6. The zero-order valence-electron chi connectivity index (χ0n) is 16.5. The van der Waals surface area contributed by atoms with Gasteiger partial charge in [0.1, 0.15) is 5.82 Å². The molecule has 1 heterocycles. The molecule has 1 aliphatic heterocycles. The molecule has 154 valence electrons. The summed E-state index contributed by atoms with van der Waals surface area (Å²) >= 11 is 3.19. The first kappa shape index (κ1) is 21.5. The van der Waals surface area contributed by atoms with Crippen LogP contribution in [0.5, 0.6) is 0 Å². The Balaban J connectivity index is 1.39. The van der Waals surface area contributed by atoms with Crippen LogP contribution in [0.2, 0.25) is 0 Å². The molecule has 1 saturated heterocycles. The number of amides is 2. The Morgan fingerprint density at radius 2 is 1.76 bits per heavy atom. The summed E-state index contributed by atoms with van der Waals surface area (Å²) in [5.74, 6) is -0.547. The summed E-state index contributed by atoms with van der Waals surface area (Å²) in [6.45, 7) is 5.41. The SMILES string of the molecule is Cc1ccc(CC(=O)N2CCN(CCC(=O)Nc3ccc(Br)cc3F)CC2)cc1. The monoisotopic (exact) mass is 461 g/mol. The van der Waals surface area contributed by atoms with Gasteiger partial charge in [0.25, 0.3) is 0 Å². The van der Waals surface area contributed by atoms with E-state index in [1.807, 2.05) is 36.1 Å². The smallest absolute Gasteiger partial charge is 0.227 e. The molecule has 1 N–H and O–H groups in total. The van der Waals surface area contributed by atoms with Gasteiger partial charge in [0, 0.05) is 43.6 Å². The molecule has 1 aliphatic rings. The lowest BCUT2D eigenvalue weighted by atomic mass is 10.1. The molecule has 2 aromatic rings. The number of nitrogens with zero attached hydrogens (tertiary/aromatic N) is 2. The number of carbonyl (C=O) groups excluding carboxylic acids is 2. The highest BCUT2D eigenvalue weighted by Crippen LogP contribution is 2.19. The number of hydrogen-bond donors (Lipinski definition) is 1. The van der Waals surface area contributed by atoms with Gasteiger partial charge in [-0.2, -0.15) is 0 Å². The maximum Gasteiger partial charge on any atom is 0.227 e. The second kappa shape index (κ2) is 9.98. The van der Waals surface area contributed by atoms with Gasteiger partial charge in [0.05, 0.1) is 12.1 Å². The molecule has 0 aromatic heterocycles. The summed E-state index contributed by atoms with van der Waals surface area (Å²) in [4.78, 5) is 28.6. The Labute approximate surface area is 179 Å². The van der Waals surface area contributed by atoms with E-state index in [4.69, 9.17) is 0 Å². The van der Waals surface area contributed by atoms with Crippen LogP contribution in [0.1, 0.15) is 17.5 Å². The first-order valence-corrected chi connectivity index (χ1v) is 10.5. The van der Waals surface area contributed by atoms with E-state index >= 15 is 0 Å². The lowest BCUT2D eigenvalue weighted by Crippen LogP contribution is -2.49. The topological polar surface area (TPSA) is 52.7 Å². The van der Waals surface area contributed by atoms with E-state index < -0.39 is 5.82 Å². The van der Waals surface area contributed by atoms with Crippen LogP contribution >= 0.6 is 15.9 Å². The first-order chi connectivity index (χ1) is 13.9. The van der Waals surface area contributed by atoms with Crippen LogP contribution in [-0.2, 0) is 16.0 Å². The van der Waals surface area contributed by atoms with Crippen molar-refractivity contribution in [3.8, 4) is 0 Å². The zero-order chi connectivity index (χ0) is 20.8. The van der Waals surface area contributed by atoms with Crippen LogP contribution in [0.15, 0.2) is 46.9 Å². The molecule has 0 aliphatic carbocycles. The standard InChI is InChI=1S/C22H25BrFN3O2/c1-16-2-4-17(5-3-16)14-22(29)27-12-10-26(11-13-27)9-8-21(28)25-20-7-6-18(23)15-19(20)24/h2-7,15H,8-14H2,1H3,(H,25,28). The van der Waals surface area contributed by atoms with Gasteiger partial charge >= 0.3 is 0 Å². The molecule has 0 spiro atoms. The fraction of sp³-hybridized carbons (Fsp3) is 0.364. The van der Waals surface area contributed by atoms with E-state index in [0.717, 1.165) is 18.7 Å². The third-order valence-corrected chi connectivity index (χ3v) is 5.55. The minimum atomic E-state index is -0.464. The highest BCUT2D eigenvalue weighted by Gasteiger charge is 2.21. The van der Waals surface area contributed by atoms with E-state index in [2.05, 4.69) is 26.1 Å². The van der Waals surface area contributed by atoms with Gasteiger partial charge in [-0.15, -0.1) is 0 Å². The summed E-state index contributed by atoms with van der Waals surface area (Å²) < 4.78 is 14.4. The highest BCUT2D eigenvalue weighted by molar-refractivity contribution is 9.10. The van der Waals surface area contributed by atoms with Gasteiger partial charge in [0.15, 0.2) is 0 Å².